The van der Waals surface area contributed by atoms with Gasteiger partial charge < -0.3 is 14.4 Å². The SMILES string of the molecule is O=C(c1cccc2c1OCO2)N1CCCC1c1ccncc1. The zero-order valence-electron chi connectivity index (χ0n) is 12.1. The number of amides is 1. The number of nitrogens with zero attached hydrogens (tertiary/aromatic N) is 2. The number of carbonyl (C=O) groups excluding carboxylic acids is 1. The summed E-state index contributed by atoms with van der Waals surface area (Å²) in [6.45, 7) is 0.934. The van der Waals surface area contributed by atoms with Crippen LogP contribution in [0.1, 0.15) is 34.8 Å². The van der Waals surface area contributed by atoms with Gasteiger partial charge in [0.2, 0.25) is 6.79 Å². The molecule has 1 unspecified atom stereocenters. The Morgan fingerprint density at radius 1 is 1.18 bits per heavy atom. The fourth-order valence-electron chi connectivity index (χ4n) is 3.20. The van der Waals surface area contributed by atoms with Gasteiger partial charge in [0.25, 0.3) is 5.91 Å². The Labute approximate surface area is 128 Å². The zero-order chi connectivity index (χ0) is 14.9. The lowest BCUT2D eigenvalue weighted by molar-refractivity contribution is 0.0731. The molecule has 112 valence electrons. The molecule has 1 amide bonds. The average molecular weight is 296 g/mol. The highest BCUT2D eigenvalue weighted by Gasteiger charge is 2.33. The van der Waals surface area contributed by atoms with Crippen LogP contribution >= 0.6 is 0 Å². The number of rotatable bonds is 2. The second-order valence-electron chi connectivity index (χ2n) is 5.48. The van der Waals surface area contributed by atoms with E-state index in [2.05, 4.69) is 4.98 Å². The summed E-state index contributed by atoms with van der Waals surface area (Å²) >= 11 is 0. The maximum absolute atomic E-state index is 13.0. The maximum Gasteiger partial charge on any atom is 0.258 e. The molecular formula is C17H16N2O3. The third kappa shape index (κ3) is 2.09. The van der Waals surface area contributed by atoms with Crippen LogP contribution in [0, 0.1) is 0 Å². The molecule has 2 aliphatic heterocycles. The molecule has 0 radical (unpaired) electrons. The Bertz CT molecular complexity index is 702. The van der Waals surface area contributed by atoms with Gasteiger partial charge in [-0.05, 0) is 42.7 Å². The fourth-order valence-corrected chi connectivity index (χ4v) is 3.20. The van der Waals surface area contributed by atoms with E-state index in [1.807, 2.05) is 29.2 Å². The molecule has 1 fully saturated rings. The molecule has 5 heteroatoms. The molecule has 2 aromatic rings. The summed E-state index contributed by atoms with van der Waals surface area (Å²) in [5.74, 6) is 1.21. The van der Waals surface area contributed by atoms with Crippen molar-refractivity contribution in [3.05, 3.63) is 53.9 Å². The van der Waals surface area contributed by atoms with E-state index in [0.717, 1.165) is 24.9 Å². The minimum Gasteiger partial charge on any atom is -0.454 e. The van der Waals surface area contributed by atoms with Crippen molar-refractivity contribution in [2.24, 2.45) is 0 Å². The van der Waals surface area contributed by atoms with Crippen LogP contribution in [0.25, 0.3) is 0 Å². The van der Waals surface area contributed by atoms with Gasteiger partial charge >= 0.3 is 0 Å². The number of ether oxygens (including phenoxy) is 2. The zero-order valence-corrected chi connectivity index (χ0v) is 12.1. The minimum atomic E-state index is 0.00154. The first-order chi connectivity index (χ1) is 10.8. The van der Waals surface area contributed by atoms with Crippen LogP contribution in [-0.2, 0) is 0 Å². The summed E-state index contributed by atoms with van der Waals surface area (Å²) in [7, 11) is 0. The number of fused-ring (bicyclic) bond motifs is 1. The highest BCUT2D eigenvalue weighted by atomic mass is 16.7. The van der Waals surface area contributed by atoms with Crippen LogP contribution < -0.4 is 9.47 Å². The first-order valence-electron chi connectivity index (χ1n) is 7.44. The van der Waals surface area contributed by atoms with E-state index in [9.17, 15) is 4.79 Å². The first-order valence-corrected chi connectivity index (χ1v) is 7.44. The molecule has 0 spiro atoms. The number of carbonyl (C=O) groups is 1. The van der Waals surface area contributed by atoms with Gasteiger partial charge in [0.05, 0.1) is 11.6 Å². The predicted octanol–water partition coefficient (Wildman–Crippen LogP) is 2.79. The van der Waals surface area contributed by atoms with Crippen LogP contribution in [0.15, 0.2) is 42.7 Å². The third-order valence-corrected chi connectivity index (χ3v) is 4.23. The summed E-state index contributed by atoms with van der Waals surface area (Å²) < 4.78 is 10.8. The molecule has 22 heavy (non-hydrogen) atoms. The van der Waals surface area contributed by atoms with Crippen molar-refractivity contribution in [2.75, 3.05) is 13.3 Å². The van der Waals surface area contributed by atoms with Crippen LogP contribution in [0.3, 0.4) is 0 Å². The van der Waals surface area contributed by atoms with Crippen molar-refractivity contribution in [1.29, 1.82) is 0 Å². The molecule has 4 rings (SSSR count). The lowest BCUT2D eigenvalue weighted by Gasteiger charge is -2.25. The molecule has 0 saturated carbocycles. The Hall–Kier alpha value is -2.56. The number of likely N-dealkylation sites (tertiary alicyclic amines) is 1. The monoisotopic (exact) mass is 296 g/mol. The second kappa shape index (κ2) is 5.33. The van der Waals surface area contributed by atoms with Crippen LogP contribution in [-0.4, -0.2) is 29.1 Å². The largest absolute Gasteiger partial charge is 0.454 e. The van der Waals surface area contributed by atoms with Crippen molar-refractivity contribution >= 4 is 5.91 Å². The maximum atomic E-state index is 13.0. The third-order valence-electron chi connectivity index (χ3n) is 4.23. The number of hydrogen-bond donors (Lipinski definition) is 0. The van der Waals surface area contributed by atoms with Gasteiger partial charge in [0, 0.05) is 18.9 Å². The molecule has 3 heterocycles. The molecule has 0 aliphatic carbocycles. The molecule has 1 atom stereocenters. The highest BCUT2D eigenvalue weighted by Crippen LogP contribution is 2.39. The number of pyridine rings is 1. The molecule has 1 saturated heterocycles. The molecule has 0 bridgehead atoms. The predicted molar refractivity (Wildman–Crippen MR) is 79.8 cm³/mol. The van der Waals surface area contributed by atoms with Crippen molar-refractivity contribution in [1.82, 2.24) is 9.88 Å². The second-order valence-corrected chi connectivity index (χ2v) is 5.48. The van der Waals surface area contributed by atoms with Gasteiger partial charge in [-0.3, -0.25) is 9.78 Å². The smallest absolute Gasteiger partial charge is 0.258 e. The summed E-state index contributed by atoms with van der Waals surface area (Å²) in [6, 6.07) is 9.52. The van der Waals surface area contributed by atoms with Crippen LogP contribution in [0.2, 0.25) is 0 Å². The first kappa shape index (κ1) is 13.1. The molecule has 2 aliphatic rings. The van der Waals surface area contributed by atoms with E-state index in [4.69, 9.17) is 9.47 Å². The van der Waals surface area contributed by atoms with Crippen LogP contribution in [0.5, 0.6) is 11.5 Å². The van der Waals surface area contributed by atoms with Gasteiger partial charge in [-0.15, -0.1) is 0 Å². The Morgan fingerprint density at radius 3 is 2.91 bits per heavy atom. The lowest BCUT2D eigenvalue weighted by atomic mass is 10.1. The normalized spacial score (nSPS) is 19.5. The van der Waals surface area contributed by atoms with Gasteiger partial charge in [0.1, 0.15) is 0 Å². The molecular weight excluding hydrogens is 280 g/mol. The van der Waals surface area contributed by atoms with E-state index < -0.39 is 0 Å². The quantitative estimate of drug-likeness (QED) is 0.855. The van der Waals surface area contributed by atoms with Gasteiger partial charge in [-0.25, -0.2) is 0 Å². The minimum absolute atomic E-state index is 0.00154. The summed E-state index contributed by atoms with van der Waals surface area (Å²) in [4.78, 5) is 18.9. The van der Waals surface area contributed by atoms with Crippen molar-refractivity contribution < 1.29 is 14.3 Å². The topological polar surface area (TPSA) is 51.7 Å². The van der Waals surface area contributed by atoms with Crippen molar-refractivity contribution in [3.63, 3.8) is 0 Å². The van der Waals surface area contributed by atoms with Crippen molar-refractivity contribution in [3.8, 4) is 11.5 Å². The van der Waals surface area contributed by atoms with Crippen molar-refractivity contribution in [2.45, 2.75) is 18.9 Å². The lowest BCUT2D eigenvalue weighted by Crippen LogP contribution is -2.30. The summed E-state index contributed by atoms with van der Waals surface area (Å²) in [5, 5.41) is 0. The number of aromatic nitrogens is 1. The van der Waals surface area contributed by atoms with E-state index in [0.29, 0.717) is 17.1 Å². The Morgan fingerprint density at radius 2 is 2.05 bits per heavy atom. The fraction of sp³-hybridized carbons (Fsp3) is 0.294. The van der Waals surface area contributed by atoms with Gasteiger partial charge in [-0.1, -0.05) is 6.07 Å². The average Bonchev–Trinajstić information content (AvgIpc) is 3.23. The number of benzene rings is 1. The summed E-state index contributed by atoms with van der Waals surface area (Å²) in [5.41, 5.74) is 1.71. The van der Waals surface area contributed by atoms with E-state index in [1.54, 1.807) is 18.5 Å². The standard InChI is InChI=1S/C17H16N2O3/c20-17(13-3-1-5-15-16(13)22-11-21-15)19-10-2-4-14(19)12-6-8-18-9-7-12/h1,3,5-9,14H,2,4,10-11H2. The Kier molecular flexibility index (Phi) is 3.18. The summed E-state index contributed by atoms with van der Waals surface area (Å²) in [6.07, 6.45) is 5.52. The molecule has 1 aromatic heterocycles. The molecule has 0 N–H and O–H groups in total. The molecule has 5 nitrogen and oxygen atoms in total. The number of hydrogen-bond acceptors (Lipinski definition) is 4. The number of para-hydroxylation sites is 1. The molecule has 1 aromatic carbocycles. The van der Waals surface area contributed by atoms with Crippen LogP contribution in [0.4, 0.5) is 0 Å². The highest BCUT2D eigenvalue weighted by molar-refractivity contribution is 5.98. The Balaban J connectivity index is 1.67. The van der Waals surface area contributed by atoms with Gasteiger partial charge in [-0.2, -0.15) is 0 Å². The van der Waals surface area contributed by atoms with Gasteiger partial charge in [0.15, 0.2) is 11.5 Å². The van der Waals surface area contributed by atoms with E-state index >= 15 is 0 Å². The van der Waals surface area contributed by atoms with E-state index in [-0.39, 0.29) is 18.7 Å². The van der Waals surface area contributed by atoms with E-state index in [1.165, 1.54) is 0 Å².